The predicted octanol–water partition coefficient (Wildman–Crippen LogP) is 4.04. The number of nitrogens with zero attached hydrogens (tertiary/aromatic N) is 3. The van der Waals surface area contributed by atoms with E-state index in [1.807, 2.05) is 43.4 Å². The van der Waals surface area contributed by atoms with Crippen molar-refractivity contribution in [3.63, 3.8) is 0 Å². The SMILES string of the molecule is C=C/C=C(\C=C/C)Cn1c[n+](CCC#N)cc1-c1ccccc1. The van der Waals surface area contributed by atoms with Crippen LogP contribution < -0.4 is 4.57 Å². The molecular formula is C20H22N3+. The first-order valence-electron chi connectivity index (χ1n) is 7.74. The zero-order valence-electron chi connectivity index (χ0n) is 13.5. The van der Waals surface area contributed by atoms with E-state index in [4.69, 9.17) is 5.26 Å². The largest absolute Gasteiger partial charge is 0.244 e. The van der Waals surface area contributed by atoms with E-state index in [0.717, 1.165) is 12.2 Å². The first-order valence-corrected chi connectivity index (χ1v) is 7.74. The summed E-state index contributed by atoms with van der Waals surface area (Å²) in [6.45, 7) is 7.27. The second-order valence-corrected chi connectivity index (χ2v) is 5.25. The Morgan fingerprint density at radius 1 is 1.35 bits per heavy atom. The first-order chi connectivity index (χ1) is 11.3. The first kappa shape index (κ1) is 16.5. The van der Waals surface area contributed by atoms with Crippen molar-refractivity contribution >= 4 is 0 Å². The normalized spacial score (nSPS) is 11.6. The highest BCUT2D eigenvalue weighted by Gasteiger charge is 2.15. The molecule has 2 rings (SSSR count). The summed E-state index contributed by atoms with van der Waals surface area (Å²) in [7, 11) is 0. The minimum absolute atomic E-state index is 0.507. The third kappa shape index (κ3) is 4.55. The molecule has 3 heteroatoms. The molecule has 1 aromatic heterocycles. The topological polar surface area (TPSA) is 32.6 Å². The standard InChI is InChI=1S/C20H22N3/c1-3-9-18(10-4-2)15-23-17-22(14-8-13-21)16-20(23)19-11-6-5-7-12-19/h3-7,9-12,16-17H,1,8,14-15H2,2H3/q+1/b10-4-,18-9+. The van der Waals surface area contributed by atoms with Crippen LogP contribution >= 0.6 is 0 Å². The quantitative estimate of drug-likeness (QED) is 0.561. The molecule has 1 heterocycles. The van der Waals surface area contributed by atoms with Gasteiger partial charge in [-0.15, -0.1) is 0 Å². The van der Waals surface area contributed by atoms with Gasteiger partial charge in [0.2, 0.25) is 6.33 Å². The van der Waals surface area contributed by atoms with Crippen LogP contribution in [0, 0.1) is 11.3 Å². The van der Waals surface area contributed by atoms with Crippen LogP contribution in [0.1, 0.15) is 13.3 Å². The van der Waals surface area contributed by atoms with Gasteiger partial charge in [-0.2, -0.15) is 5.26 Å². The Morgan fingerprint density at radius 2 is 2.13 bits per heavy atom. The second kappa shape index (κ2) is 8.55. The Balaban J connectivity index is 2.40. The number of benzene rings is 1. The highest BCUT2D eigenvalue weighted by Crippen LogP contribution is 2.19. The third-order valence-corrected chi connectivity index (χ3v) is 3.50. The average Bonchev–Trinajstić information content (AvgIpc) is 2.97. The molecule has 0 bridgehead atoms. The second-order valence-electron chi connectivity index (χ2n) is 5.25. The van der Waals surface area contributed by atoms with Crippen molar-refractivity contribution in [2.45, 2.75) is 26.4 Å². The molecule has 0 saturated heterocycles. The molecule has 0 saturated carbocycles. The fourth-order valence-electron chi connectivity index (χ4n) is 2.51. The van der Waals surface area contributed by atoms with E-state index < -0.39 is 0 Å². The van der Waals surface area contributed by atoms with Crippen LogP contribution in [0.15, 0.2) is 79.3 Å². The van der Waals surface area contributed by atoms with Crippen LogP contribution in [0.5, 0.6) is 0 Å². The lowest BCUT2D eigenvalue weighted by molar-refractivity contribution is -0.695. The summed E-state index contributed by atoms with van der Waals surface area (Å²) in [5.41, 5.74) is 3.49. The van der Waals surface area contributed by atoms with Gasteiger partial charge in [0, 0.05) is 5.56 Å². The highest BCUT2D eigenvalue weighted by atomic mass is 15.1. The van der Waals surface area contributed by atoms with E-state index >= 15 is 0 Å². The zero-order chi connectivity index (χ0) is 16.5. The molecule has 0 aliphatic carbocycles. The number of allylic oxidation sites excluding steroid dienone is 5. The Kier molecular flexibility index (Phi) is 6.14. The molecule has 0 fully saturated rings. The lowest BCUT2D eigenvalue weighted by Crippen LogP contribution is -2.30. The number of hydrogen-bond acceptors (Lipinski definition) is 1. The number of rotatable bonds is 7. The molecule has 3 nitrogen and oxygen atoms in total. The van der Waals surface area contributed by atoms with Crippen molar-refractivity contribution in [3.8, 4) is 17.3 Å². The zero-order valence-corrected chi connectivity index (χ0v) is 13.5. The number of imidazole rings is 1. The summed E-state index contributed by atoms with van der Waals surface area (Å²) in [6, 6.07) is 12.5. The lowest BCUT2D eigenvalue weighted by atomic mass is 10.1. The van der Waals surface area contributed by atoms with Crippen molar-refractivity contribution in [2.75, 3.05) is 0 Å². The monoisotopic (exact) mass is 304 g/mol. The van der Waals surface area contributed by atoms with Gasteiger partial charge >= 0.3 is 0 Å². The lowest BCUT2D eigenvalue weighted by Gasteiger charge is -2.03. The molecule has 116 valence electrons. The van der Waals surface area contributed by atoms with Gasteiger partial charge in [-0.1, -0.05) is 61.2 Å². The van der Waals surface area contributed by atoms with Gasteiger partial charge in [-0.25, -0.2) is 9.13 Å². The molecule has 0 unspecified atom stereocenters. The van der Waals surface area contributed by atoms with Crippen molar-refractivity contribution in [1.29, 1.82) is 5.26 Å². The smallest absolute Gasteiger partial charge is 0.235 e. The van der Waals surface area contributed by atoms with Crippen LogP contribution in [0.2, 0.25) is 0 Å². The number of aromatic nitrogens is 2. The maximum atomic E-state index is 8.81. The summed E-state index contributed by atoms with van der Waals surface area (Å²) >= 11 is 0. The van der Waals surface area contributed by atoms with Gasteiger partial charge in [-0.05, 0) is 12.5 Å². The molecule has 1 aromatic carbocycles. The molecule has 0 aliphatic rings. The maximum Gasteiger partial charge on any atom is 0.244 e. The molecule has 0 spiro atoms. The van der Waals surface area contributed by atoms with Gasteiger partial charge < -0.3 is 0 Å². The minimum atomic E-state index is 0.507. The average molecular weight is 304 g/mol. The van der Waals surface area contributed by atoms with E-state index in [1.165, 1.54) is 11.1 Å². The molecule has 0 amide bonds. The van der Waals surface area contributed by atoms with Gasteiger partial charge in [0.15, 0.2) is 5.69 Å². The Labute approximate surface area is 138 Å². The summed E-state index contributed by atoms with van der Waals surface area (Å²) < 4.78 is 4.29. The summed E-state index contributed by atoms with van der Waals surface area (Å²) in [4.78, 5) is 0. The third-order valence-electron chi connectivity index (χ3n) is 3.50. The van der Waals surface area contributed by atoms with E-state index in [0.29, 0.717) is 13.0 Å². The van der Waals surface area contributed by atoms with Crippen LogP contribution in [-0.2, 0) is 13.1 Å². The molecular weight excluding hydrogens is 282 g/mol. The summed E-state index contributed by atoms with van der Waals surface area (Å²) in [5.74, 6) is 0. The molecule has 23 heavy (non-hydrogen) atoms. The number of aryl methyl sites for hydroxylation is 1. The minimum Gasteiger partial charge on any atom is -0.235 e. The number of hydrogen-bond donors (Lipinski definition) is 0. The highest BCUT2D eigenvalue weighted by molar-refractivity contribution is 5.58. The summed E-state index contributed by atoms with van der Waals surface area (Å²) in [6.07, 6.45) is 12.6. The van der Waals surface area contributed by atoms with Crippen molar-refractivity contribution in [2.24, 2.45) is 0 Å². The molecule has 0 radical (unpaired) electrons. The Morgan fingerprint density at radius 3 is 2.78 bits per heavy atom. The van der Waals surface area contributed by atoms with Crippen LogP contribution in [0.3, 0.4) is 0 Å². The van der Waals surface area contributed by atoms with E-state index in [1.54, 1.807) is 0 Å². The van der Waals surface area contributed by atoms with Gasteiger partial charge in [0.25, 0.3) is 0 Å². The Hall–Kier alpha value is -2.86. The fourth-order valence-corrected chi connectivity index (χ4v) is 2.51. The number of nitriles is 1. The fraction of sp³-hybridized carbons (Fsp3) is 0.200. The summed E-state index contributed by atoms with van der Waals surface area (Å²) in [5, 5.41) is 8.81. The van der Waals surface area contributed by atoms with Crippen molar-refractivity contribution in [1.82, 2.24) is 4.57 Å². The van der Waals surface area contributed by atoms with Crippen LogP contribution in [-0.4, -0.2) is 4.57 Å². The maximum absolute atomic E-state index is 8.81. The molecule has 0 atom stereocenters. The Bertz CT molecular complexity index is 743. The van der Waals surface area contributed by atoms with Gasteiger partial charge in [0.05, 0.1) is 12.5 Å². The van der Waals surface area contributed by atoms with E-state index in [2.05, 4.69) is 52.5 Å². The van der Waals surface area contributed by atoms with Gasteiger partial charge in [0.1, 0.15) is 19.3 Å². The molecule has 2 aromatic rings. The predicted molar refractivity (Wildman–Crippen MR) is 93.4 cm³/mol. The van der Waals surface area contributed by atoms with Crippen LogP contribution in [0.25, 0.3) is 11.3 Å². The molecule has 0 N–H and O–H groups in total. The van der Waals surface area contributed by atoms with Crippen LogP contribution in [0.4, 0.5) is 0 Å². The molecule has 0 aliphatic heterocycles. The van der Waals surface area contributed by atoms with Gasteiger partial charge in [-0.3, -0.25) is 0 Å². The van der Waals surface area contributed by atoms with Crippen molar-refractivity contribution in [3.05, 3.63) is 79.3 Å². The van der Waals surface area contributed by atoms with Crippen molar-refractivity contribution < 1.29 is 4.57 Å². The van der Waals surface area contributed by atoms with E-state index in [9.17, 15) is 0 Å². The van der Waals surface area contributed by atoms with E-state index in [-0.39, 0.29) is 0 Å².